The SMILES string of the molecule is CS(=O)(=O)Nc1nnc(-c2cc(N)ccc2Cl)s1. The number of benzene rings is 1. The first-order valence-electron chi connectivity index (χ1n) is 4.72. The maximum atomic E-state index is 11.0. The maximum absolute atomic E-state index is 11.0. The summed E-state index contributed by atoms with van der Waals surface area (Å²) in [5, 5.41) is 8.76. The molecule has 0 aliphatic heterocycles. The predicted molar refractivity (Wildman–Crippen MR) is 73.2 cm³/mol. The summed E-state index contributed by atoms with van der Waals surface area (Å²) in [6.07, 6.45) is 1.04. The molecule has 9 heteroatoms. The Balaban J connectivity index is 2.38. The fourth-order valence-electron chi connectivity index (χ4n) is 1.24. The number of nitrogens with zero attached hydrogens (tertiary/aromatic N) is 2. The molecular weight excluding hydrogens is 296 g/mol. The van der Waals surface area contributed by atoms with Gasteiger partial charge in [-0.3, -0.25) is 4.72 Å². The summed E-state index contributed by atoms with van der Waals surface area (Å²) in [6, 6.07) is 4.98. The van der Waals surface area contributed by atoms with Crippen LogP contribution >= 0.6 is 22.9 Å². The van der Waals surface area contributed by atoms with Crippen LogP contribution < -0.4 is 10.5 Å². The standard InChI is InChI=1S/C9H9ClN4O2S2/c1-18(15,16)14-9-13-12-8(17-9)6-4-5(11)2-3-7(6)10/h2-4H,11H2,1H3,(H,13,14). The van der Waals surface area contributed by atoms with Crippen LogP contribution in [0, 0.1) is 0 Å². The molecule has 0 amide bonds. The highest BCUT2D eigenvalue weighted by molar-refractivity contribution is 7.92. The molecule has 0 aliphatic carbocycles. The van der Waals surface area contributed by atoms with Crippen molar-refractivity contribution in [3.63, 3.8) is 0 Å². The van der Waals surface area contributed by atoms with E-state index in [2.05, 4.69) is 14.9 Å². The number of rotatable bonds is 3. The van der Waals surface area contributed by atoms with Gasteiger partial charge in [0.05, 0.1) is 11.3 Å². The van der Waals surface area contributed by atoms with E-state index in [0.717, 1.165) is 17.6 Å². The summed E-state index contributed by atoms with van der Waals surface area (Å²) >= 11 is 7.10. The van der Waals surface area contributed by atoms with Gasteiger partial charge in [0.2, 0.25) is 15.2 Å². The van der Waals surface area contributed by atoms with Crippen LogP contribution in [0.15, 0.2) is 18.2 Å². The summed E-state index contributed by atoms with van der Waals surface area (Å²) in [5.41, 5.74) is 6.82. The van der Waals surface area contributed by atoms with Crippen LogP contribution in [0.4, 0.5) is 10.8 Å². The van der Waals surface area contributed by atoms with Crippen LogP contribution in [0.5, 0.6) is 0 Å². The van der Waals surface area contributed by atoms with Gasteiger partial charge in [0.1, 0.15) is 0 Å². The lowest BCUT2D eigenvalue weighted by Gasteiger charge is -2.00. The fraction of sp³-hybridized carbons (Fsp3) is 0.111. The number of hydrogen-bond donors (Lipinski definition) is 2. The zero-order valence-electron chi connectivity index (χ0n) is 9.21. The molecule has 2 rings (SSSR count). The Hall–Kier alpha value is -1.38. The molecule has 3 N–H and O–H groups in total. The van der Waals surface area contributed by atoms with Gasteiger partial charge in [-0.05, 0) is 18.2 Å². The Labute approximate surface area is 113 Å². The highest BCUT2D eigenvalue weighted by Crippen LogP contribution is 2.33. The highest BCUT2D eigenvalue weighted by atomic mass is 35.5. The van der Waals surface area contributed by atoms with Gasteiger partial charge in [-0.1, -0.05) is 22.9 Å². The van der Waals surface area contributed by atoms with Crippen molar-refractivity contribution in [1.29, 1.82) is 0 Å². The lowest BCUT2D eigenvalue weighted by atomic mass is 10.2. The van der Waals surface area contributed by atoms with Crippen molar-refractivity contribution in [3.05, 3.63) is 23.2 Å². The van der Waals surface area contributed by atoms with E-state index >= 15 is 0 Å². The summed E-state index contributed by atoms with van der Waals surface area (Å²) in [4.78, 5) is 0. The summed E-state index contributed by atoms with van der Waals surface area (Å²) in [6.45, 7) is 0. The van der Waals surface area contributed by atoms with E-state index in [1.165, 1.54) is 0 Å². The Kier molecular flexibility index (Phi) is 3.42. The fourth-order valence-corrected chi connectivity index (χ4v) is 3.11. The second kappa shape index (κ2) is 4.71. The van der Waals surface area contributed by atoms with E-state index < -0.39 is 10.0 Å². The quantitative estimate of drug-likeness (QED) is 0.843. The van der Waals surface area contributed by atoms with Gasteiger partial charge < -0.3 is 5.73 Å². The van der Waals surface area contributed by atoms with E-state index in [1.54, 1.807) is 18.2 Å². The molecule has 6 nitrogen and oxygen atoms in total. The van der Waals surface area contributed by atoms with Crippen molar-refractivity contribution < 1.29 is 8.42 Å². The smallest absolute Gasteiger partial charge is 0.231 e. The van der Waals surface area contributed by atoms with Crippen LogP contribution in [0.25, 0.3) is 10.6 Å². The Morgan fingerprint density at radius 2 is 2.11 bits per heavy atom. The van der Waals surface area contributed by atoms with Gasteiger partial charge in [0.15, 0.2) is 5.01 Å². The predicted octanol–water partition coefficient (Wildman–Crippen LogP) is 1.81. The van der Waals surface area contributed by atoms with Gasteiger partial charge in [0.25, 0.3) is 0 Å². The lowest BCUT2D eigenvalue weighted by molar-refractivity contribution is 0.606. The summed E-state index contributed by atoms with van der Waals surface area (Å²) in [7, 11) is -3.36. The van der Waals surface area contributed by atoms with Crippen molar-refractivity contribution in [2.24, 2.45) is 0 Å². The molecule has 1 heterocycles. The van der Waals surface area contributed by atoms with E-state index in [9.17, 15) is 8.42 Å². The van der Waals surface area contributed by atoms with Crippen molar-refractivity contribution in [1.82, 2.24) is 10.2 Å². The third-order valence-corrected chi connectivity index (χ3v) is 3.81. The van der Waals surface area contributed by atoms with E-state index in [1.807, 2.05) is 0 Å². The average molecular weight is 305 g/mol. The number of nitrogen functional groups attached to an aromatic ring is 1. The zero-order valence-corrected chi connectivity index (χ0v) is 11.6. The van der Waals surface area contributed by atoms with Gasteiger partial charge in [0, 0.05) is 11.3 Å². The summed E-state index contributed by atoms with van der Waals surface area (Å²) < 4.78 is 24.3. The Bertz CT molecular complexity index is 684. The third kappa shape index (κ3) is 3.09. The molecule has 2 aromatic rings. The van der Waals surface area contributed by atoms with Crippen LogP contribution in [0.3, 0.4) is 0 Å². The van der Waals surface area contributed by atoms with Crippen LogP contribution in [0.1, 0.15) is 0 Å². The maximum Gasteiger partial charge on any atom is 0.231 e. The van der Waals surface area contributed by atoms with Gasteiger partial charge in [-0.25, -0.2) is 8.42 Å². The van der Waals surface area contributed by atoms with E-state index in [-0.39, 0.29) is 5.13 Å². The average Bonchev–Trinajstić information content (AvgIpc) is 2.67. The molecule has 0 radical (unpaired) electrons. The number of anilines is 2. The minimum Gasteiger partial charge on any atom is -0.399 e. The number of nitrogens with one attached hydrogen (secondary N) is 1. The van der Waals surface area contributed by atoms with Gasteiger partial charge in [-0.2, -0.15) is 0 Å². The molecule has 96 valence electrons. The normalized spacial score (nSPS) is 11.4. The number of sulfonamides is 1. The molecule has 0 bridgehead atoms. The molecule has 0 aliphatic rings. The van der Waals surface area contributed by atoms with Crippen molar-refractivity contribution >= 4 is 43.8 Å². The van der Waals surface area contributed by atoms with Crippen LogP contribution in [-0.4, -0.2) is 24.9 Å². The highest BCUT2D eigenvalue weighted by Gasteiger charge is 2.12. The van der Waals surface area contributed by atoms with Crippen molar-refractivity contribution in [3.8, 4) is 10.6 Å². The van der Waals surface area contributed by atoms with Gasteiger partial charge >= 0.3 is 0 Å². The van der Waals surface area contributed by atoms with Crippen molar-refractivity contribution in [2.45, 2.75) is 0 Å². The molecule has 0 unspecified atom stereocenters. The molecule has 0 saturated heterocycles. The molecule has 0 spiro atoms. The molecule has 1 aromatic carbocycles. The first-order valence-corrected chi connectivity index (χ1v) is 7.80. The molecule has 0 fully saturated rings. The minimum atomic E-state index is -3.36. The number of halogens is 1. The van der Waals surface area contributed by atoms with Crippen molar-refractivity contribution in [2.75, 3.05) is 16.7 Å². The van der Waals surface area contributed by atoms with E-state index in [4.69, 9.17) is 17.3 Å². The minimum absolute atomic E-state index is 0.186. The molecule has 18 heavy (non-hydrogen) atoms. The first kappa shape index (κ1) is 13.1. The van der Waals surface area contributed by atoms with Gasteiger partial charge in [-0.15, -0.1) is 10.2 Å². The Morgan fingerprint density at radius 1 is 1.39 bits per heavy atom. The Morgan fingerprint density at radius 3 is 2.78 bits per heavy atom. The number of nitrogens with two attached hydrogens (primary N) is 1. The third-order valence-electron chi connectivity index (χ3n) is 1.92. The number of aromatic nitrogens is 2. The van der Waals surface area contributed by atoms with Crippen LogP contribution in [-0.2, 0) is 10.0 Å². The van der Waals surface area contributed by atoms with E-state index in [0.29, 0.717) is 21.3 Å². The van der Waals surface area contributed by atoms with Crippen LogP contribution in [0.2, 0.25) is 5.02 Å². The number of hydrogen-bond acceptors (Lipinski definition) is 6. The first-order chi connectivity index (χ1) is 8.35. The molecule has 0 atom stereocenters. The molecule has 1 aromatic heterocycles. The second-order valence-corrected chi connectivity index (χ2v) is 6.66. The molecule has 0 saturated carbocycles. The molecular formula is C9H9ClN4O2S2. The zero-order chi connectivity index (χ0) is 13.3. The topological polar surface area (TPSA) is 98.0 Å². The monoisotopic (exact) mass is 304 g/mol. The summed E-state index contributed by atoms with van der Waals surface area (Å²) in [5.74, 6) is 0. The second-order valence-electron chi connectivity index (χ2n) is 3.53. The largest absolute Gasteiger partial charge is 0.399 e. The lowest BCUT2D eigenvalue weighted by Crippen LogP contribution is -2.08.